The van der Waals surface area contributed by atoms with E-state index < -0.39 is 0 Å². The molecule has 0 saturated heterocycles. The lowest BCUT2D eigenvalue weighted by Crippen LogP contribution is -1.94. The van der Waals surface area contributed by atoms with E-state index in [2.05, 4.69) is 252 Å². The molecule has 1 aromatic heterocycles. The van der Waals surface area contributed by atoms with Crippen LogP contribution < -0.4 is 0 Å². The molecule has 1 N–H and O–H groups in total. The topological polar surface area (TPSA) is 15.8 Å². The highest BCUT2D eigenvalue weighted by Crippen LogP contribution is 2.44. The molecule has 1 heterocycles. The molecule has 0 spiro atoms. The van der Waals surface area contributed by atoms with Crippen molar-refractivity contribution in [2.75, 3.05) is 0 Å². The van der Waals surface area contributed by atoms with Crippen LogP contribution in [0.1, 0.15) is 56.5 Å². The zero-order chi connectivity index (χ0) is 44.4. The number of benzene rings is 7. The molecule has 0 aliphatic heterocycles. The van der Waals surface area contributed by atoms with Gasteiger partial charge in [-0.15, -0.1) is 0 Å². The van der Waals surface area contributed by atoms with Crippen molar-refractivity contribution in [3.8, 4) is 33.5 Å². The quantitative estimate of drug-likeness (QED) is 0.0830. The maximum atomic E-state index is 4.78. The van der Waals surface area contributed by atoms with Gasteiger partial charge in [0.1, 0.15) is 0 Å². The van der Waals surface area contributed by atoms with Gasteiger partial charge in [-0.1, -0.05) is 219 Å². The van der Waals surface area contributed by atoms with Crippen LogP contribution in [0.4, 0.5) is 0 Å². The van der Waals surface area contributed by atoms with Crippen LogP contribution in [0, 0.1) is 0 Å². The third-order valence-electron chi connectivity index (χ3n) is 11.9. The fourth-order valence-electron chi connectivity index (χ4n) is 8.43. The Kier molecular flexibility index (Phi) is 13.4. The first-order chi connectivity index (χ1) is 31.2. The molecule has 0 atom stereocenters. The summed E-state index contributed by atoms with van der Waals surface area (Å²) in [6.45, 7) is 17.8. The Bertz CT molecular complexity index is 3040. The number of rotatable bonds is 14. The van der Waals surface area contributed by atoms with Crippen molar-refractivity contribution in [3.05, 3.63) is 265 Å². The van der Waals surface area contributed by atoms with Gasteiger partial charge >= 0.3 is 0 Å². The number of hydrogen-bond acceptors (Lipinski definition) is 0. The molecule has 8 aromatic rings. The van der Waals surface area contributed by atoms with Crippen molar-refractivity contribution < 1.29 is 0 Å². The maximum absolute atomic E-state index is 4.78. The van der Waals surface area contributed by atoms with Gasteiger partial charge < -0.3 is 4.98 Å². The zero-order valence-corrected chi connectivity index (χ0v) is 37.4. The Hall–Kier alpha value is -7.74. The monoisotopic (exact) mass is 825 g/mol. The van der Waals surface area contributed by atoms with Crippen LogP contribution in [-0.2, 0) is 0 Å². The SMILES string of the molecule is C=C(/C=C\C=C(/C)c1ccccc1)C/C=C\C(=C)c1c2cc(-c3ccccc3)ccc2c(-c2ccc(/C(C)=C/C=C\C(=C(C)C)c3ccccc3)[nH]2)c2ccc(-c3ccccc3)cc12. The Morgan fingerprint density at radius 3 is 1.56 bits per heavy atom. The summed E-state index contributed by atoms with van der Waals surface area (Å²) in [6.07, 6.45) is 18.0. The number of aromatic nitrogens is 1. The number of H-pyrrole nitrogens is 1. The molecule has 64 heavy (non-hydrogen) atoms. The third-order valence-corrected chi connectivity index (χ3v) is 11.9. The van der Waals surface area contributed by atoms with Crippen LogP contribution in [0.2, 0.25) is 0 Å². The predicted molar refractivity (Wildman–Crippen MR) is 281 cm³/mol. The summed E-state index contributed by atoms with van der Waals surface area (Å²) < 4.78 is 0. The lowest BCUT2D eigenvalue weighted by atomic mass is 9.85. The molecule has 8 rings (SSSR count). The molecule has 0 aliphatic rings. The second-order valence-electron chi connectivity index (χ2n) is 16.6. The van der Waals surface area contributed by atoms with Gasteiger partial charge in [0, 0.05) is 17.0 Å². The summed E-state index contributed by atoms with van der Waals surface area (Å²) in [5.74, 6) is 0. The number of aromatic amines is 1. The number of allylic oxidation sites excluding steroid dienone is 14. The summed E-state index contributed by atoms with van der Waals surface area (Å²) in [5.41, 5.74) is 18.4. The molecular weight excluding hydrogens is 771 g/mol. The summed E-state index contributed by atoms with van der Waals surface area (Å²) in [7, 11) is 0. The standard InChI is InChI=1S/C63H55N/c1-44(2)55(52-33-17-10-18-34-52)35-21-25-47(5)60-40-41-61(64-60)63-56-38-36-53(50-29-13-8-14-30-50)42-58(56)62(59-43-54(37-39-57(59)63)51-31-15-9-16-32-51)48(6)26-20-23-45(3)22-19-24-46(4)49-27-11-7-12-28-49/h7-22,24-43,64H,3,6,23H2,1-2,4-5H3/b22-19-,26-20-,35-21-,46-24+,47-25+. The van der Waals surface area contributed by atoms with Crippen LogP contribution in [0.5, 0.6) is 0 Å². The molecule has 0 fully saturated rings. The molecule has 0 bridgehead atoms. The second-order valence-corrected chi connectivity index (χ2v) is 16.6. The van der Waals surface area contributed by atoms with Crippen LogP contribution in [0.25, 0.3) is 77.3 Å². The van der Waals surface area contributed by atoms with E-state index in [-0.39, 0.29) is 0 Å². The fraction of sp³-hybridized carbons (Fsp3) is 0.0794. The van der Waals surface area contributed by atoms with E-state index in [0.717, 1.165) is 55.6 Å². The van der Waals surface area contributed by atoms with E-state index in [9.17, 15) is 0 Å². The van der Waals surface area contributed by atoms with Crippen molar-refractivity contribution in [2.24, 2.45) is 0 Å². The predicted octanol–water partition coefficient (Wildman–Crippen LogP) is 18.0. The number of hydrogen-bond donors (Lipinski definition) is 1. The van der Waals surface area contributed by atoms with Crippen molar-refractivity contribution in [3.63, 3.8) is 0 Å². The largest absolute Gasteiger partial charge is 0.355 e. The molecule has 0 saturated carbocycles. The van der Waals surface area contributed by atoms with Gasteiger partial charge in [-0.2, -0.15) is 0 Å². The van der Waals surface area contributed by atoms with Gasteiger partial charge in [0.25, 0.3) is 0 Å². The second kappa shape index (κ2) is 20.0. The summed E-state index contributed by atoms with van der Waals surface area (Å²) in [5, 5.41) is 4.65. The van der Waals surface area contributed by atoms with Crippen LogP contribution in [0.3, 0.4) is 0 Å². The molecule has 0 unspecified atom stereocenters. The fourth-order valence-corrected chi connectivity index (χ4v) is 8.43. The van der Waals surface area contributed by atoms with E-state index in [0.29, 0.717) is 6.42 Å². The molecule has 7 aromatic carbocycles. The smallest absolute Gasteiger partial charge is 0.0471 e. The van der Waals surface area contributed by atoms with Gasteiger partial charge in [-0.05, 0) is 141 Å². The molecule has 0 radical (unpaired) electrons. The average Bonchev–Trinajstić information content (AvgIpc) is 3.83. The van der Waals surface area contributed by atoms with E-state index in [1.165, 1.54) is 55.3 Å². The van der Waals surface area contributed by atoms with Crippen molar-refractivity contribution in [1.29, 1.82) is 0 Å². The lowest BCUT2D eigenvalue weighted by Gasteiger charge is -2.19. The summed E-state index contributed by atoms with van der Waals surface area (Å²) in [4.78, 5) is 3.86. The van der Waals surface area contributed by atoms with Gasteiger partial charge in [-0.25, -0.2) is 0 Å². The molecule has 1 nitrogen and oxygen atoms in total. The van der Waals surface area contributed by atoms with Crippen LogP contribution in [-0.4, -0.2) is 4.98 Å². The Morgan fingerprint density at radius 1 is 0.484 bits per heavy atom. The first-order valence-electron chi connectivity index (χ1n) is 22.1. The Balaban J connectivity index is 1.22. The maximum Gasteiger partial charge on any atom is 0.0471 e. The molecule has 1 heteroatoms. The van der Waals surface area contributed by atoms with E-state index >= 15 is 0 Å². The van der Waals surface area contributed by atoms with Gasteiger partial charge in [0.15, 0.2) is 0 Å². The van der Waals surface area contributed by atoms with Crippen LogP contribution in [0.15, 0.2) is 243 Å². The molecular formula is C63H55N. The minimum absolute atomic E-state index is 0.710. The molecule has 0 amide bonds. The summed E-state index contributed by atoms with van der Waals surface area (Å²) >= 11 is 0. The zero-order valence-electron chi connectivity index (χ0n) is 37.4. The van der Waals surface area contributed by atoms with Crippen LogP contribution >= 0.6 is 0 Å². The van der Waals surface area contributed by atoms with Gasteiger partial charge in [0.05, 0.1) is 0 Å². The van der Waals surface area contributed by atoms with Crippen molar-refractivity contribution in [2.45, 2.75) is 34.1 Å². The average molecular weight is 826 g/mol. The highest BCUT2D eigenvalue weighted by atomic mass is 14.7. The Morgan fingerprint density at radius 2 is 1.00 bits per heavy atom. The van der Waals surface area contributed by atoms with Crippen molar-refractivity contribution in [1.82, 2.24) is 4.98 Å². The van der Waals surface area contributed by atoms with E-state index in [4.69, 9.17) is 6.58 Å². The first kappa shape index (κ1) is 42.9. The first-order valence-corrected chi connectivity index (χ1v) is 22.1. The van der Waals surface area contributed by atoms with E-state index in [1.54, 1.807) is 0 Å². The normalized spacial score (nSPS) is 12.2. The van der Waals surface area contributed by atoms with Gasteiger partial charge in [-0.3, -0.25) is 0 Å². The lowest BCUT2D eigenvalue weighted by molar-refractivity contribution is 1.30. The number of nitrogens with one attached hydrogen (secondary N) is 1. The highest BCUT2D eigenvalue weighted by molar-refractivity contribution is 6.20. The summed E-state index contributed by atoms with van der Waals surface area (Å²) in [6, 6.07) is 60.6. The third kappa shape index (κ3) is 9.81. The Labute approximate surface area is 379 Å². The molecule has 312 valence electrons. The number of fused-ring (bicyclic) bond motifs is 2. The minimum Gasteiger partial charge on any atom is -0.355 e. The molecule has 0 aliphatic carbocycles. The highest BCUT2D eigenvalue weighted by Gasteiger charge is 2.19. The minimum atomic E-state index is 0.710. The van der Waals surface area contributed by atoms with Crippen molar-refractivity contribution >= 4 is 43.8 Å². The van der Waals surface area contributed by atoms with E-state index in [1.807, 2.05) is 6.07 Å². The van der Waals surface area contributed by atoms with Gasteiger partial charge in [0.2, 0.25) is 0 Å².